The molecule has 0 atom stereocenters. The number of carboxylic acid groups (broad SMARTS) is 1. The van der Waals surface area contributed by atoms with Crippen molar-refractivity contribution in [3.05, 3.63) is 12.7 Å². The zero-order valence-corrected chi connectivity index (χ0v) is 8.12. The molecule has 0 unspecified atom stereocenters. The first kappa shape index (κ1) is 10.3. The number of piperidine rings is 1. The lowest BCUT2D eigenvalue weighted by Crippen LogP contribution is -2.42. The lowest BCUT2D eigenvalue weighted by molar-refractivity contribution is -0.150. The van der Waals surface area contributed by atoms with Crippen molar-refractivity contribution in [1.29, 1.82) is 0 Å². The molecule has 1 fully saturated rings. The Hall–Kier alpha value is -0.830. The van der Waals surface area contributed by atoms with Gasteiger partial charge in [0.25, 0.3) is 0 Å². The van der Waals surface area contributed by atoms with E-state index < -0.39 is 11.4 Å². The van der Waals surface area contributed by atoms with E-state index in [9.17, 15) is 4.79 Å². The highest BCUT2D eigenvalue weighted by atomic mass is 16.4. The Balaban J connectivity index is 2.46. The molecule has 1 heterocycles. The number of carbonyl (C=O) groups is 1. The van der Waals surface area contributed by atoms with Crippen LogP contribution in [0.15, 0.2) is 12.7 Å². The molecule has 0 radical (unpaired) electrons. The molecule has 0 amide bonds. The van der Waals surface area contributed by atoms with Crippen LogP contribution in [0.5, 0.6) is 0 Å². The van der Waals surface area contributed by atoms with Gasteiger partial charge in [-0.1, -0.05) is 6.08 Å². The molecule has 1 aliphatic rings. The molecule has 0 aliphatic carbocycles. The van der Waals surface area contributed by atoms with Gasteiger partial charge in [0.05, 0.1) is 5.41 Å². The van der Waals surface area contributed by atoms with Crippen molar-refractivity contribution < 1.29 is 9.90 Å². The van der Waals surface area contributed by atoms with Gasteiger partial charge in [0.1, 0.15) is 0 Å². The Kier molecular flexibility index (Phi) is 3.09. The van der Waals surface area contributed by atoms with Crippen LogP contribution in [0.2, 0.25) is 0 Å². The van der Waals surface area contributed by atoms with Crippen LogP contribution in [0, 0.1) is 5.41 Å². The SMILES string of the molecule is C=CCN1CCC(C)(C(=O)O)CC1. The number of hydrogen-bond acceptors (Lipinski definition) is 2. The number of likely N-dealkylation sites (tertiary alicyclic amines) is 1. The predicted molar refractivity (Wildman–Crippen MR) is 51.6 cm³/mol. The predicted octanol–water partition coefficient (Wildman–Crippen LogP) is 1.36. The molecular formula is C10H17NO2. The highest BCUT2D eigenvalue weighted by molar-refractivity contribution is 5.74. The van der Waals surface area contributed by atoms with Gasteiger partial charge in [0, 0.05) is 6.54 Å². The smallest absolute Gasteiger partial charge is 0.309 e. The zero-order chi connectivity index (χ0) is 9.90. The number of nitrogens with zero attached hydrogens (tertiary/aromatic N) is 1. The highest BCUT2D eigenvalue weighted by Gasteiger charge is 2.36. The van der Waals surface area contributed by atoms with Crippen LogP contribution < -0.4 is 0 Å². The first-order valence-corrected chi connectivity index (χ1v) is 4.65. The summed E-state index contributed by atoms with van der Waals surface area (Å²) in [4.78, 5) is 13.1. The standard InChI is InChI=1S/C10H17NO2/c1-3-6-11-7-4-10(2,5-8-11)9(12)13/h3H,1,4-8H2,2H3,(H,12,13). The molecule has 0 saturated carbocycles. The molecule has 1 aliphatic heterocycles. The molecule has 0 spiro atoms. The summed E-state index contributed by atoms with van der Waals surface area (Å²) in [5, 5.41) is 8.97. The maximum Gasteiger partial charge on any atom is 0.309 e. The summed E-state index contributed by atoms with van der Waals surface area (Å²) >= 11 is 0. The van der Waals surface area contributed by atoms with E-state index in [1.807, 2.05) is 13.0 Å². The second-order valence-electron chi connectivity index (χ2n) is 3.96. The Labute approximate surface area is 79.0 Å². The van der Waals surface area contributed by atoms with Crippen LogP contribution >= 0.6 is 0 Å². The number of rotatable bonds is 3. The first-order chi connectivity index (χ1) is 6.08. The van der Waals surface area contributed by atoms with Crippen LogP contribution in [-0.2, 0) is 4.79 Å². The van der Waals surface area contributed by atoms with Gasteiger partial charge in [-0.15, -0.1) is 6.58 Å². The fourth-order valence-corrected chi connectivity index (χ4v) is 1.63. The van der Waals surface area contributed by atoms with Gasteiger partial charge < -0.3 is 5.11 Å². The summed E-state index contributed by atoms with van der Waals surface area (Å²) in [6.45, 7) is 8.11. The fourth-order valence-electron chi connectivity index (χ4n) is 1.63. The van der Waals surface area contributed by atoms with Crippen molar-refractivity contribution in [2.24, 2.45) is 5.41 Å². The normalized spacial score (nSPS) is 22.5. The molecule has 0 aromatic rings. The van der Waals surface area contributed by atoms with E-state index in [1.54, 1.807) is 0 Å². The van der Waals surface area contributed by atoms with Crippen molar-refractivity contribution in [2.45, 2.75) is 19.8 Å². The van der Waals surface area contributed by atoms with Crippen LogP contribution in [0.3, 0.4) is 0 Å². The van der Waals surface area contributed by atoms with Crippen molar-refractivity contribution in [3.63, 3.8) is 0 Å². The zero-order valence-electron chi connectivity index (χ0n) is 8.12. The number of hydrogen-bond donors (Lipinski definition) is 1. The number of carboxylic acids is 1. The van der Waals surface area contributed by atoms with E-state index in [0.29, 0.717) is 0 Å². The van der Waals surface area contributed by atoms with E-state index in [4.69, 9.17) is 5.11 Å². The van der Waals surface area contributed by atoms with Gasteiger partial charge in [-0.2, -0.15) is 0 Å². The van der Waals surface area contributed by atoms with Crippen LogP contribution in [-0.4, -0.2) is 35.6 Å². The Morgan fingerprint density at radius 1 is 1.62 bits per heavy atom. The molecule has 1 rings (SSSR count). The second-order valence-corrected chi connectivity index (χ2v) is 3.96. The van der Waals surface area contributed by atoms with E-state index >= 15 is 0 Å². The summed E-state index contributed by atoms with van der Waals surface area (Å²) in [5.74, 6) is -0.661. The summed E-state index contributed by atoms with van der Waals surface area (Å²) in [5.41, 5.74) is -0.502. The van der Waals surface area contributed by atoms with E-state index in [1.165, 1.54) is 0 Å². The molecule has 74 valence electrons. The van der Waals surface area contributed by atoms with Gasteiger partial charge in [0.15, 0.2) is 0 Å². The van der Waals surface area contributed by atoms with Crippen LogP contribution in [0.4, 0.5) is 0 Å². The molecule has 13 heavy (non-hydrogen) atoms. The third-order valence-electron chi connectivity index (χ3n) is 2.86. The minimum atomic E-state index is -0.661. The van der Waals surface area contributed by atoms with E-state index in [0.717, 1.165) is 32.5 Å². The first-order valence-electron chi connectivity index (χ1n) is 4.65. The molecule has 0 aromatic heterocycles. The van der Waals surface area contributed by atoms with Gasteiger partial charge in [-0.05, 0) is 32.9 Å². The van der Waals surface area contributed by atoms with Crippen molar-refractivity contribution in [2.75, 3.05) is 19.6 Å². The van der Waals surface area contributed by atoms with Crippen LogP contribution in [0.1, 0.15) is 19.8 Å². The minimum absolute atomic E-state index is 0.502. The molecule has 0 bridgehead atoms. The third kappa shape index (κ3) is 2.31. The summed E-state index contributed by atoms with van der Waals surface area (Å²) in [7, 11) is 0. The molecule has 3 heteroatoms. The average molecular weight is 183 g/mol. The Morgan fingerprint density at radius 3 is 2.54 bits per heavy atom. The highest BCUT2D eigenvalue weighted by Crippen LogP contribution is 2.30. The molecule has 1 saturated heterocycles. The van der Waals surface area contributed by atoms with Gasteiger partial charge in [-0.25, -0.2) is 0 Å². The van der Waals surface area contributed by atoms with Crippen molar-refractivity contribution in [1.82, 2.24) is 4.90 Å². The molecule has 1 N–H and O–H groups in total. The largest absolute Gasteiger partial charge is 0.481 e. The molecular weight excluding hydrogens is 166 g/mol. The summed E-state index contributed by atoms with van der Waals surface area (Å²) in [6.07, 6.45) is 3.36. The third-order valence-corrected chi connectivity index (χ3v) is 2.86. The summed E-state index contributed by atoms with van der Waals surface area (Å²) < 4.78 is 0. The summed E-state index contributed by atoms with van der Waals surface area (Å²) in [6, 6.07) is 0. The van der Waals surface area contributed by atoms with Gasteiger partial charge in [-0.3, -0.25) is 9.69 Å². The van der Waals surface area contributed by atoms with Crippen LogP contribution in [0.25, 0.3) is 0 Å². The monoisotopic (exact) mass is 183 g/mol. The van der Waals surface area contributed by atoms with Gasteiger partial charge >= 0.3 is 5.97 Å². The number of aliphatic carboxylic acids is 1. The maximum absolute atomic E-state index is 10.9. The average Bonchev–Trinajstić information content (AvgIpc) is 2.09. The topological polar surface area (TPSA) is 40.5 Å². The van der Waals surface area contributed by atoms with E-state index in [2.05, 4.69) is 11.5 Å². The fraction of sp³-hybridized carbons (Fsp3) is 0.700. The Morgan fingerprint density at radius 2 is 2.15 bits per heavy atom. The quantitative estimate of drug-likeness (QED) is 0.672. The van der Waals surface area contributed by atoms with Gasteiger partial charge in [0.2, 0.25) is 0 Å². The molecule has 3 nitrogen and oxygen atoms in total. The lowest BCUT2D eigenvalue weighted by atomic mass is 9.80. The maximum atomic E-state index is 10.9. The lowest BCUT2D eigenvalue weighted by Gasteiger charge is -2.35. The second kappa shape index (κ2) is 3.92. The van der Waals surface area contributed by atoms with E-state index in [-0.39, 0.29) is 0 Å². The van der Waals surface area contributed by atoms with Crippen molar-refractivity contribution in [3.8, 4) is 0 Å². The minimum Gasteiger partial charge on any atom is -0.481 e. The molecule has 0 aromatic carbocycles. The Bertz CT molecular complexity index is 205. The van der Waals surface area contributed by atoms with Crippen molar-refractivity contribution >= 4 is 5.97 Å².